The Kier molecular flexibility index (Phi) is 8.58. The molecule has 1 aliphatic heterocycles. The third-order valence-corrected chi connectivity index (χ3v) is 8.71. The maximum Gasteiger partial charge on any atom is 0.243 e. The number of methoxy groups -OCH3 is 1. The van der Waals surface area contributed by atoms with Crippen LogP contribution >= 0.6 is 0 Å². The lowest BCUT2D eigenvalue weighted by molar-refractivity contribution is 0.310. The number of ether oxygens (including phenoxy) is 1. The van der Waals surface area contributed by atoms with Gasteiger partial charge in [-0.15, -0.1) is 0 Å². The molecule has 0 spiro atoms. The fraction of sp³-hybridized carbons (Fsp3) is 0.357. The number of rotatable bonds is 10. The van der Waals surface area contributed by atoms with Gasteiger partial charge in [0.2, 0.25) is 16.0 Å². The van der Waals surface area contributed by atoms with Gasteiger partial charge in [-0.2, -0.15) is 4.31 Å². The summed E-state index contributed by atoms with van der Waals surface area (Å²) in [4.78, 5) is 11.5. The summed E-state index contributed by atoms with van der Waals surface area (Å²) in [6, 6.07) is 11.4. The van der Waals surface area contributed by atoms with Crippen LogP contribution in [0.4, 0.5) is 11.6 Å². The lowest BCUT2D eigenvalue weighted by Gasteiger charge is -2.23. The van der Waals surface area contributed by atoms with Crippen molar-refractivity contribution in [2.75, 3.05) is 45.7 Å². The second-order valence-corrected chi connectivity index (χ2v) is 11.4. The molecule has 1 N–H and O–H groups in total. The van der Waals surface area contributed by atoms with Crippen LogP contribution in [0.25, 0.3) is 12.2 Å². The Morgan fingerprint density at radius 2 is 1.68 bits per heavy atom. The Balaban J connectivity index is 1.43. The number of hydrogen-bond acceptors (Lipinski definition) is 7. The highest BCUT2D eigenvalue weighted by atomic mass is 32.2. The van der Waals surface area contributed by atoms with Gasteiger partial charge in [-0.05, 0) is 80.7 Å². The summed E-state index contributed by atoms with van der Waals surface area (Å²) < 4.78 is 33.4. The molecule has 196 valence electrons. The standard InChI is InChI=1S/C28H35N5O3S/c1-21-16-25(17-22(2)27(21)37(34,35)32(3)14-15-33-12-5-6-13-33)31-28-29-19-24(20-30-28)11-10-23-8-7-9-26(18-23)36-4/h7-11,16-20H,5-6,12-15H2,1-4H3,(H,29,30,31)/b11-10+. The van der Waals surface area contributed by atoms with Crippen molar-refractivity contribution < 1.29 is 13.2 Å². The molecule has 0 unspecified atom stereocenters. The fourth-order valence-corrected chi connectivity index (χ4v) is 6.11. The molecule has 37 heavy (non-hydrogen) atoms. The molecule has 0 radical (unpaired) electrons. The molecule has 0 saturated carbocycles. The molecular formula is C28H35N5O3S. The Labute approximate surface area is 220 Å². The quantitative estimate of drug-likeness (QED) is 0.413. The first-order chi connectivity index (χ1) is 17.8. The van der Waals surface area contributed by atoms with Gasteiger partial charge in [0.15, 0.2) is 0 Å². The number of anilines is 2. The van der Waals surface area contributed by atoms with Crippen LogP contribution in [0.3, 0.4) is 0 Å². The van der Waals surface area contributed by atoms with Crippen LogP contribution < -0.4 is 10.1 Å². The monoisotopic (exact) mass is 521 g/mol. The van der Waals surface area contributed by atoms with E-state index in [1.807, 2.05) is 62.4 Å². The van der Waals surface area contributed by atoms with Crippen molar-refractivity contribution in [3.05, 3.63) is 71.0 Å². The number of likely N-dealkylation sites (tertiary alicyclic amines) is 1. The van der Waals surface area contributed by atoms with Crippen LogP contribution in [-0.4, -0.2) is 67.9 Å². The van der Waals surface area contributed by atoms with Gasteiger partial charge < -0.3 is 15.0 Å². The smallest absolute Gasteiger partial charge is 0.243 e. The number of likely N-dealkylation sites (N-methyl/N-ethyl adjacent to an activating group) is 1. The highest BCUT2D eigenvalue weighted by molar-refractivity contribution is 7.89. The van der Waals surface area contributed by atoms with E-state index in [4.69, 9.17) is 4.74 Å². The van der Waals surface area contributed by atoms with E-state index in [2.05, 4.69) is 20.2 Å². The van der Waals surface area contributed by atoms with Crippen molar-refractivity contribution in [2.45, 2.75) is 31.6 Å². The zero-order chi connectivity index (χ0) is 26.4. The maximum absolute atomic E-state index is 13.3. The average Bonchev–Trinajstić information content (AvgIpc) is 3.40. The molecule has 0 atom stereocenters. The second kappa shape index (κ2) is 11.9. The molecule has 3 aromatic rings. The molecule has 1 aliphatic rings. The first-order valence-corrected chi connectivity index (χ1v) is 13.9. The van der Waals surface area contributed by atoms with E-state index in [1.165, 1.54) is 17.1 Å². The van der Waals surface area contributed by atoms with Crippen molar-refractivity contribution in [3.63, 3.8) is 0 Å². The maximum atomic E-state index is 13.3. The number of sulfonamides is 1. The molecule has 2 aromatic carbocycles. The number of nitrogens with zero attached hydrogens (tertiary/aromatic N) is 4. The van der Waals surface area contributed by atoms with E-state index in [9.17, 15) is 8.42 Å². The Bertz CT molecular complexity index is 1330. The van der Waals surface area contributed by atoms with Crippen molar-refractivity contribution >= 4 is 33.8 Å². The zero-order valence-corrected chi connectivity index (χ0v) is 22.8. The molecule has 1 aromatic heterocycles. The van der Waals surface area contributed by atoms with Gasteiger partial charge in [0.1, 0.15) is 5.75 Å². The van der Waals surface area contributed by atoms with E-state index in [1.54, 1.807) is 26.6 Å². The number of aromatic nitrogens is 2. The van der Waals surface area contributed by atoms with Gasteiger partial charge in [0.25, 0.3) is 0 Å². The van der Waals surface area contributed by atoms with Crippen LogP contribution in [0.15, 0.2) is 53.7 Å². The fourth-order valence-electron chi connectivity index (χ4n) is 4.55. The topological polar surface area (TPSA) is 87.7 Å². The van der Waals surface area contributed by atoms with Gasteiger partial charge >= 0.3 is 0 Å². The third-order valence-electron chi connectivity index (χ3n) is 6.55. The van der Waals surface area contributed by atoms with Crippen LogP contribution in [0.1, 0.15) is 35.1 Å². The largest absolute Gasteiger partial charge is 0.497 e. The number of aryl methyl sites for hydroxylation is 2. The van der Waals surface area contributed by atoms with E-state index in [0.717, 1.165) is 42.2 Å². The van der Waals surface area contributed by atoms with E-state index < -0.39 is 10.0 Å². The molecule has 1 fully saturated rings. The van der Waals surface area contributed by atoms with E-state index >= 15 is 0 Å². The Hall–Kier alpha value is -3.27. The molecule has 4 rings (SSSR count). The predicted molar refractivity (Wildman–Crippen MR) is 149 cm³/mol. The Morgan fingerprint density at radius 1 is 1.03 bits per heavy atom. The van der Waals surface area contributed by atoms with Gasteiger partial charge in [-0.3, -0.25) is 0 Å². The van der Waals surface area contributed by atoms with Gasteiger partial charge in [0, 0.05) is 43.8 Å². The number of hydrogen-bond donors (Lipinski definition) is 1. The molecule has 0 bridgehead atoms. The lowest BCUT2D eigenvalue weighted by atomic mass is 10.1. The molecular weight excluding hydrogens is 486 g/mol. The van der Waals surface area contributed by atoms with Crippen LogP contribution in [-0.2, 0) is 10.0 Å². The summed E-state index contributed by atoms with van der Waals surface area (Å²) in [5.41, 5.74) is 4.00. The second-order valence-electron chi connectivity index (χ2n) is 9.39. The zero-order valence-electron chi connectivity index (χ0n) is 21.9. The van der Waals surface area contributed by atoms with Gasteiger partial charge in [0.05, 0.1) is 12.0 Å². The number of nitrogens with one attached hydrogen (secondary N) is 1. The summed E-state index contributed by atoms with van der Waals surface area (Å²) in [5.74, 6) is 1.24. The van der Waals surface area contributed by atoms with Crippen molar-refractivity contribution in [1.29, 1.82) is 0 Å². The van der Waals surface area contributed by atoms with Crippen LogP contribution in [0.2, 0.25) is 0 Å². The first-order valence-electron chi connectivity index (χ1n) is 12.5. The van der Waals surface area contributed by atoms with Crippen LogP contribution in [0, 0.1) is 13.8 Å². The summed E-state index contributed by atoms with van der Waals surface area (Å²) in [6.45, 7) is 6.99. The lowest BCUT2D eigenvalue weighted by Crippen LogP contribution is -2.35. The molecule has 8 nitrogen and oxygen atoms in total. The van der Waals surface area contributed by atoms with E-state index in [0.29, 0.717) is 28.5 Å². The van der Waals surface area contributed by atoms with Crippen LogP contribution in [0.5, 0.6) is 5.75 Å². The average molecular weight is 522 g/mol. The highest BCUT2D eigenvalue weighted by Gasteiger charge is 2.26. The van der Waals surface area contributed by atoms with Crippen molar-refractivity contribution in [3.8, 4) is 5.75 Å². The normalized spacial score (nSPS) is 14.5. The van der Waals surface area contributed by atoms with Crippen molar-refractivity contribution in [1.82, 2.24) is 19.2 Å². The minimum absolute atomic E-state index is 0.362. The van der Waals surface area contributed by atoms with Crippen molar-refractivity contribution in [2.24, 2.45) is 0 Å². The van der Waals surface area contributed by atoms with E-state index in [-0.39, 0.29) is 0 Å². The summed E-state index contributed by atoms with van der Waals surface area (Å²) in [7, 11) is -0.282. The predicted octanol–water partition coefficient (Wildman–Crippen LogP) is 4.73. The molecule has 0 amide bonds. The minimum Gasteiger partial charge on any atom is -0.497 e. The van der Waals surface area contributed by atoms with Gasteiger partial charge in [-0.1, -0.05) is 24.3 Å². The highest BCUT2D eigenvalue weighted by Crippen LogP contribution is 2.28. The summed E-state index contributed by atoms with van der Waals surface area (Å²) in [6.07, 6.45) is 9.76. The summed E-state index contributed by atoms with van der Waals surface area (Å²) in [5, 5.41) is 3.19. The minimum atomic E-state index is -3.59. The molecule has 9 heteroatoms. The molecule has 1 saturated heterocycles. The van der Waals surface area contributed by atoms with Gasteiger partial charge in [-0.25, -0.2) is 18.4 Å². The Morgan fingerprint density at radius 3 is 2.32 bits per heavy atom. The SMILES string of the molecule is COc1cccc(/C=C/c2cnc(Nc3cc(C)c(S(=O)(=O)N(C)CCN4CCCC4)c(C)c3)nc2)c1. The molecule has 0 aliphatic carbocycles. The third kappa shape index (κ3) is 6.74. The number of benzene rings is 2. The first kappa shape index (κ1) is 26.8. The molecule has 2 heterocycles. The summed E-state index contributed by atoms with van der Waals surface area (Å²) >= 11 is 0.